The number of benzene rings is 3. The molecule has 0 fully saturated rings. The number of amides is 1. The van der Waals surface area contributed by atoms with E-state index in [1.165, 1.54) is 16.7 Å². The van der Waals surface area contributed by atoms with Gasteiger partial charge in [0, 0.05) is 7.05 Å². The van der Waals surface area contributed by atoms with Gasteiger partial charge in [-0.3, -0.25) is 9.69 Å². The molecule has 0 aromatic heterocycles. The predicted octanol–water partition coefficient (Wildman–Crippen LogP) is 5.93. The summed E-state index contributed by atoms with van der Waals surface area (Å²) in [6.45, 7) is 1.96. The fourth-order valence-electron chi connectivity index (χ4n) is 3.01. The number of nitrogens with zero attached hydrogens (tertiary/aromatic N) is 2. The molecule has 0 spiro atoms. The van der Waals surface area contributed by atoms with E-state index in [4.69, 9.17) is 9.84 Å². The summed E-state index contributed by atoms with van der Waals surface area (Å²) in [6, 6.07) is 22.0. The average Bonchev–Trinajstić information content (AvgIpc) is 2.83. The van der Waals surface area contributed by atoms with Crippen LogP contribution in [-0.2, 0) is 4.79 Å². The molecule has 0 aliphatic rings. The van der Waals surface area contributed by atoms with Crippen molar-refractivity contribution in [2.45, 2.75) is 6.92 Å². The second-order valence-corrected chi connectivity index (χ2v) is 8.39. The number of carboxylic acids is 1. The van der Waals surface area contributed by atoms with Crippen LogP contribution in [0.4, 0.5) is 5.69 Å². The van der Waals surface area contributed by atoms with Crippen molar-refractivity contribution in [2.24, 2.45) is 4.99 Å². The number of rotatable bonds is 7. The van der Waals surface area contributed by atoms with Crippen molar-refractivity contribution in [3.05, 3.63) is 88.8 Å². The second-order valence-electron chi connectivity index (χ2n) is 7.17. The van der Waals surface area contributed by atoms with Crippen molar-refractivity contribution in [2.75, 3.05) is 14.2 Å². The van der Waals surface area contributed by atoms with Gasteiger partial charge in [0.15, 0.2) is 5.17 Å². The number of methoxy groups -OCH3 is 1. The van der Waals surface area contributed by atoms with E-state index in [0.717, 1.165) is 33.8 Å². The van der Waals surface area contributed by atoms with E-state index in [1.807, 2.05) is 61.5 Å². The Bertz CT molecular complexity index is 1190. The third-order valence-corrected chi connectivity index (χ3v) is 5.73. The van der Waals surface area contributed by atoms with Gasteiger partial charge in [-0.05, 0) is 77.1 Å². The van der Waals surface area contributed by atoms with Gasteiger partial charge in [-0.25, -0.2) is 9.79 Å². The summed E-state index contributed by atoms with van der Waals surface area (Å²) in [5.74, 6) is -0.210. The molecule has 6 nitrogen and oxygen atoms in total. The quantitative estimate of drug-likeness (QED) is 0.269. The van der Waals surface area contributed by atoms with Gasteiger partial charge in [-0.1, -0.05) is 42.1 Å². The molecule has 0 saturated heterocycles. The standard InChI is InChI=1S/C26H24N2O4S/c1-18(33-26(28(2)17-29)27-23-11-13-24(32-3)14-12-23)15-19-5-4-6-22(16-19)20-7-9-21(10-8-20)25(30)31/h4-17H,1-3H3,(H,30,31)/b18-15-,27-26?. The lowest BCUT2D eigenvalue weighted by atomic mass is 10.0. The Morgan fingerprint density at radius 2 is 1.73 bits per heavy atom. The fraction of sp³-hybridized carbons (Fsp3) is 0.115. The van der Waals surface area contributed by atoms with Gasteiger partial charge in [0.05, 0.1) is 18.4 Å². The highest BCUT2D eigenvalue weighted by Crippen LogP contribution is 2.27. The van der Waals surface area contributed by atoms with Crippen LogP contribution in [0.3, 0.4) is 0 Å². The molecule has 0 aliphatic heterocycles. The first-order valence-corrected chi connectivity index (χ1v) is 10.9. The molecule has 0 bridgehead atoms. The third kappa shape index (κ3) is 6.57. The van der Waals surface area contributed by atoms with Crippen LogP contribution in [-0.4, -0.2) is 41.7 Å². The van der Waals surface area contributed by atoms with Crippen molar-refractivity contribution in [1.29, 1.82) is 0 Å². The summed E-state index contributed by atoms with van der Waals surface area (Å²) >= 11 is 1.39. The molecule has 0 heterocycles. The van der Waals surface area contributed by atoms with Crippen LogP contribution in [0, 0.1) is 0 Å². The zero-order chi connectivity index (χ0) is 23.8. The molecule has 0 radical (unpaired) electrons. The Labute approximate surface area is 197 Å². The minimum Gasteiger partial charge on any atom is -0.497 e. The van der Waals surface area contributed by atoms with Crippen molar-refractivity contribution in [1.82, 2.24) is 4.90 Å². The summed E-state index contributed by atoms with van der Waals surface area (Å²) in [6.07, 6.45) is 2.74. The Balaban J connectivity index is 1.82. The molecular weight excluding hydrogens is 436 g/mol. The summed E-state index contributed by atoms with van der Waals surface area (Å²) in [5.41, 5.74) is 3.87. The molecule has 33 heavy (non-hydrogen) atoms. The number of aliphatic imine (C=N–C) groups is 1. The van der Waals surface area contributed by atoms with Crippen LogP contribution in [0.5, 0.6) is 5.75 Å². The SMILES string of the molecule is COc1ccc(N=C(S/C(C)=C\c2cccc(-c3ccc(C(=O)O)cc3)c2)N(C)C=O)cc1. The van der Waals surface area contributed by atoms with Crippen LogP contribution in [0.25, 0.3) is 17.2 Å². The molecule has 3 rings (SSSR count). The predicted molar refractivity (Wildman–Crippen MR) is 134 cm³/mol. The minimum atomic E-state index is -0.946. The van der Waals surface area contributed by atoms with Crippen LogP contribution < -0.4 is 4.74 Å². The molecule has 1 N–H and O–H groups in total. The number of amidine groups is 1. The molecular formula is C26H24N2O4S. The van der Waals surface area contributed by atoms with Gasteiger partial charge < -0.3 is 9.84 Å². The van der Waals surface area contributed by atoms with Gasteiger partial charge in [0.25, 0.3) is 0 Å². The van der Waals surface area contributed by atoms with Crippen LogP contribution in [0.2, 0.25) is 0 Å². The van der Waals surface area contributed by atoms with Crippen molar-refractivity contribution >= 4 is 41.1 Å². The number of thioether (sulfide) groups is 1. The number of allylic oxidation sites excluding steroid dienone is 1. The maximum absolute atomic E-state index is 11.4. The number of carbonyl (C=O) groups is 2. The van der Waals surface area contributed by atoms with Crippen LogP contribution in [0.1, 0.15) is 22.8 Å². The van der Waals surface area contributed by atoms with E-state index < -0.39 is 5.97 Å². The highest BCUT2D eigenvalue weighted by molar-refractivity contribution is 8.17. The lowest BCUT2D eigenvalue weighted by molar-refractivity contribution is -0.113. The van der Waals surface area contributed by atoms with E-state index in [0.29, 0.717) is 10.9 Å². The van der Waals surface area contributed by atoms with Gasteiger partial charge in [0.2, 0.25) is 6.41 Å². The molecule has 7 heteroatoms. The van der Waals surface area contributed by atoms with Crippen molar-refractivity contribution in [3.8, 4) is 16.9 Å². The summed E-state index contributed by atoms with van der Waals surface area (Å²) in [7, 11) is 3.27. The fourth-order valence-corrected chi connectivity index (χ4v) is 3.83. The molecule has 3 aromatic rings. The van der Waals surface area contributed by atoms with Gasteiger partial charge in [-0.2, -0.15) is 0 Å². The zero-order valence-corrected chi connectivity index (χ0v) is 19.4. The molecule has 0 aliphatic carbocycles. The highest BCUT2D eigenvalue weighted by atomic mass is 32.2. The van der Waals surface area contributed by atoms with E-state index >= 15 is 0 Å². The normalized spacial score (nSPS) is 11.7. The van der Waals surface area contributed by atoms with E-state index in [-0.39, 0.29) is 5.56 Å². The number of ether oxygens (including phenoxy) is 1. The monoisotopic (exact) mass is 460 g/mol. The number of carboxylic acid groups (broad SMARTS) is 1. The minimum absolute atomic E-state index is 0.255. The number of hydrogen-bond donors (Lipinski definition) is 1. The first-order chi connectivity index (χ1) is 15.9. The number of carbonyl (C=O) groups excluding carboxylic acids is 1. The van der Waals surface area contributed by atoms with Crippen molar-refractivity contribution < 1.29 is 19.4 Å². The zero-order valence-electron chi connectivity index (χ0n) is 18.6. The molecule has 0 atom stereocenters. The van der Waals surface area contributed by atoms with E-state index in [1.54, 1.807) is 38.4 Å². The van der Waals surface area contributed by atoms with Gasteiger partial charge in [-0.15, -0.1) is 0 Å². The number of aromatic carboxylic acids is 1. The first-order valence-electron chi connectivity index (χ1n) is 10.1. The molecule has 3 aromatic carbocycles. The largest absolute Gasteiger partial charge is 0.497 e. The number of hydrogen-bond acceptors (Lipinski definition) is 5. The lowest BCUT2D eigenvalue weighted by Crippen LogP contribution is -2.21. The van der Waals surface area contributed by atoms with E-state index in [2.05, 4.69) is 4.99 Å². The summed E-state index contributed by atoms with van der Waals surface area (Å²) in [4.78, 5) is 29.5. The van der Waals surface area contributed by atoms with Gasteiger partial charge in [0.1, 0.15) is 5.75 Å². The first kappa shape index (κ1) is 23.8. The average molecular weight is 461 g/mol. The van der Waals surface area contributed by atoms with Crippen LogP contribution >= 0.6 is 11.8 Å². The summed E-state index contributed by atoms with van der Waals surface area (Å²) in [5, 5.41) is 9.63. The Morgan fingerprint density at radius 1 is 1.03 bits per heavy atom. The smallest absolute Gasteiger partial charge is 0.335 e. The lowest BCUT2D eigenvalue weighted by Gasteiger charge is -2.14. The van der Waals surface area contributed by atoms with Crippen LogP contribution in [0.15, 0.2) is 82.7 Å². The third-order valence-electron chi connectivity index (χ3n) is 4.73. The molecule has 0 unspecified atom stereocenters. The Morgan fingerprint density at radius 3 is 2.33 bits per heavy atom. The maximum atomic E-state index is 11.4. The van der Waals surface area contributed by atoms with Gasteiger partial charge >= 0.3 is 5.97 Å². The molecule has 168 valence electrons. The van der Waals surface area contributed by atoms with E-state index in [9.17, 15) is 9.59 Å². The maximum Gasteiger partial charge on any atom is 0.335 e. The Hall–Kier alpha value is -3.84. The highest BCUT2D eigenvalue weighted by Gasteiger charge is 2.09. The molecule has 0 saturated carbocycles. The van der Waals surface area contributed by atoms with Crippen molar-refractivity contribution in [3.63, 3.8) is 0 Å². The summed E-state index contributed by atoms with van der Waals surface area (Å²) < 4.78 is 5.18. The second kappa shape index (κ2) is 11.2. The topological polar surface area (TPSA) is 79.2 Å². The Kier molecular flexibility index (Phi) is 8.05. The molecule has 1 amide bonds.